The van der Waals surface area contributed by atoms with E-state index in [0.717, 1.165) is 6.07 Å². The third-order valence-corrected chi connectivity index (χ3v) is 3.11. The summed E-state index contributed by atoms with van der Waals surface area (Å²) in [7, 11) is 0. The van der Waals surface area contributed by atoms with E-state index in [4.69, 9.17) is 0 Å². The van der Waals surface area contributed by atoms with Crippen molar-refractivity contribution in [3.63, 3.8) is 0 Å². The molecule has 100 valence electrons. The van der Waals surface area contributed by atoms with Crippen LogP contribution in [0.2, 0.25) is 0 Å². The van der Waals surface area contributed by atoms with Crippen molar-refractivity contribution < 1.29 is 22.4 Å². The molecule has 0 radical (unpaired) electrons. The van der Waals surface area contributed by atoms with Gasteiger partial charge in [-0.05, 0) is 25.1 Å². The van der Waals surface area contributed by atoms with Crippen LogP contribution >= 0.6 is 15.9 Å². The summed E-state index contributed by atoms with van der Waals surface area (Å²) in [6, 6.07) is 1.92. The van der Waals surface area contributed by atoms with Crippen LogP contribution in [0.3, 0.4) is 0 Å². The second-order valence-corrected chi connectivity index (χ2v) is 4.37. The average molecular weight is 328 g/mol. The lowest BCUT2D eigenvalue weighted by Crippen LogP contribution is -2.33. The van der Waals surface area contributed by atoms with Gasteiger partial charge in [-0.25, -0.2) is 4.39 Å². The van der Waals surface area contributed by atoms with Crippen LogP contribution in [0.4, 0.5) is 17.6 Å². The number of rotatable bonds is 3. The first-order chi connectivity index (χ1) is 8.25. The fourth-order valence-corrected chi connectivity index (χ4v) is 1.39. The molecule has 1 rings (SSSR count). The van der Waals surface area contributed by atoms with E-state index in [2.05, 4.69) is 21.2 Å². The molecule has 1 atom stereocenters. The van der Waals surface area contributed by atoms with Gasteiger partial charge in [0.15, 0.2) is 0 Å². The Hall–Kier alpha value is -1.11. The number of carbonyl (C=O) groups is 1. The van der Waals surface area contributed by atoms with E-state index < -0.39 is 23.5 Å². The topological polar surface area (TPSA) is 29.1 Å². The minimum Gasteiger partial charge on any atom is -0.349 e. The fourth-order valence-electron chi connectivity index (χ4n) is 1.23. The summed E-state index contributed by atoms with van der Waals surface area (Å²) in [6.45, 7) is 1.68. The number of nitrogens with one attached hydrogen (secondary N) is 1. The molecule has 0 aliphatic carbocycles. The molecule has 0 heterocycles. The molecule has 1 N–H and O–H groups in total. The number of alkyl halides is 4. The lowest BCUT2D eigenvalue weighted by Gasteiger charge is -2.13. The summed E-state index contributed by atoms with van der Waals surface area (Å²) < 4.78 is 50.3. The average Bonchev–Trinajstić information content (AvgIpc) is 2.27. The zero-order valence-corrected chi connectivity index (χ0v) is 10.9. The van der Waals surface area contributed by atoms with Gasteiger partial charge in [-0.3, -0.25) is 4.79 Å². The van der Waals surface area contributed by atoms with Crippen molar-refractivity contribution in [3.8, 4) is 0 Å². The quantitative estimate of drug-likeness (QED) is 0.669. The first-order valence-electron chi connectivity index (χ1n) is 4.99. The van der Waals surface area contributed by atoms with Gasteiger partial charge in [0.1, 0.15) is 5.82 Å². The molecule has 1 unspecified atom stereocenters. The molecular weight excluding hydrogens is 318 g/mol. The highest BCUT2D eigenvalue weighted by atomic mass is 79.9. The van der Waals surface area contributed by atoms with Crippen molar-refractivity contribution in [1.29, 1.82) is 0 Å². The first kappa shape index (κ1) is 14.9. The molecule has 0 saturated carbocycles. The zero-order valence-electron chi connectivity index (χ0n) is 9.31. The van der Waals surface area contributed by atoms with E-state index in [1.165, 1.54) is 0 Å². The lowest BCUT2D eigenvalue weighted by molar-refractivity contribution is -0.140. The van der Waals surface area contributed by atoms with Crippen molar-refractivity contribution in [2.24, 2.45) is 0 Å². The highest BCUT2D eigenvalue weighted by Crippen LogP contribution is 2.31. The molecule has 0 fully saturated rings. The van der Waals surface area contributed by atoms with Crippen LogP contribution in [0.15, 0.2) is 18.2 Å². The molecule has 0 bridgehead atoms. The molecule has 0 spiro atoms. The van der Waals surface area contributed by atoms with Crippen molar-refractivity contribution in [1.82, 2.24) is 5.32 Å². The van der Waals surface area contributed by atoms with Gasteiger partial charge in [-0.2, -0.15) is 13.2 Å². The summed E-state index contributed by atoms with van der Waals surface area (Å²) in [5, 5.41) is 2.93. The maximum absolute atomic E-state index is 13.0. The van der Waals surface area contributed by atoms with Gasteiger partial charge in [0, 0.05) is 16.9 Å². The molecule has 0 saturated heterocycles. The minimum absolute atomic E-state index is 0.225. The monoisotopic (exact) mass is 327 g/mol. The predicted molar refractivity (Wildman–Crippen MR) is 62.1 cm³/mol. The molecule has 1 amide bonds. The number of hydrogen-bond donors (Lipinski definition) is 1. The Morgan fingerprint density at radius 2 is 2.06 bits per heavy atom. The highest BCUT2D eigenvalue weighted by Gasteiger charge is 2.34. The summed E-state index contributed by atoms with van der Waals surface area (Å²) in [4.78, 5) is 11.6. The molecule has 7 heteroatoms. The van der Waals surface area contributed by atoms with E-state index >= 15 is 0 Å². The Bertz CT molecular complexity index is 447. The Labute approximate surface area is 109 Å². The summed E-state index contributed by atoms with van der Waals surface area (Å²) in [5.74, 6) is -2.07. The maximum atomic E-state index is 13.0. The molecule has 1 aromatic rings. The van der Waals surface area contributed by atoms with Gasteiger partial charge in [0.25, 0.3) is 5.91 Å². The van der Waals surface area contributed by atoms with Crippen molar-refractivity contribution in [2.75, 3.05) is 5.33 Å². The van der Waals surface area contributed by atoms with Crippen LogP contribution in [-0.2, 0) is 6.18 Å². The van der Waals surface area contributed by atoms with Gasteiger partial charge in [-0.1, -0.05) is 15.9 Å². The van der Waals surface area contributed by atoms with E-state index in [9.17, 15) is 22.4 Å². The van der Waals surface area contributed by atoms with Crippen molar-refractivity contribution in [3.05, 3.63) is 35.1 Å². The van der Waals surface area contributed by atoms with Crippen molar-refractivity contribution >= 4 is 21.8 Å². The molecule has 0 aromatic heterocycles. The third kappa shape index (κ3) is 3.69. The Morgan fingerprint density at radius 1 is 1.44 bits per heavy atom. The van der Waals surface area contributed by atoms with E-state index in [0.29, 0.717) is 17.5 Å². The zero-order chi connectivity index (χ0) is 13.9. The van der Waals surface area contributed by atoms with E-state index in [1.54, 1.807) is 6.92 Å². The van der Waals surface area contributed by atoms with Crippen LogP contribution in [0.5, 0.6) is 0 Å². The molecule has 1 aromatic carbocycles. The SMILES string of the molecule is CC(CBr)NC(=O)c1ccc(F)c(C(F)(F)F)c1. The Morgan fingerprint density at radius 3 is 2.56 bits per heavy atom. The lowest BCUT2D eigenvalue weighted by atomic mass is 10.1. The summed E-state index contributed by atoms with van der Waals surface area (Å²) in [6.07, 6.45) is -4.82. The van der Waals surface area contributed by atoms with Gasteiger partial charge in [-0.15, -0.1) is 0 Å². The summed E-state index contributed by atoms with van der Waals surface area (Å²) >= 11 is 3.12. The van der Waals surface area contributed by atoms with Crippen LogP contribution in [-0.4, -0.2) is 17.3 Å². The normalized spacial score (nSPS) is 13.2. The number of halogens is 5. The standard InChI is InChI=1S/C11H10BrF4NO/c1-6(5-12)17-10(18)7-2-3-9(13)8(4-7)11(14,15)16/h2-4,6H,5H2,1H3,(H,17,18). The molecule has 2 nitrogen and oxygen atoms in total. The van der Waals surface area contributed by atoms with Gasteiger partial charge >= 0.3 is 6.18 Å². The van der Waals surface area contributed by atoms with Crippen LogP contribution in [0.1, 0.15) is 22.8 Å². The van der Waals surface area contributed by atoms with Crippen molar-refractivity contribution in [2.45, 2.75) is 19.1 Å². The predicted octanol–water partition coefficient (Wildman–Crippen LogP) is 3.36. The van der Waals surface area contributed by atoms with Crippen LogP contribution in [0.25, 0.3) is 0 Å². The second kappa shape index (κ2) is 5.69. The molecular formula is C11H10BrF4NO. The number of carbonyl (C=O) groups excluding carboxylic acids is 1. The molecule has 0 aliphatic heterocycles. The summed E-state index contributed by atoms with van der Waals surface area (Å²) in [5.41, 5.74) is -1.67. The van der Waals surface area contributed by atoms with Crippen LogP contribution < -0.4 is 5.32 Å². The highest BCUT2D eigenvalue weighted by molar-refractivity contribution is 9.09. The van der Waals surface area contributed by atoms with Gasteiger partial charge in [0.2, 0.25) is 0 Å². The largest absolute Gasteiger partial charge is 0.419 e. The first-order valence-corrected chi connectivity index (χ1v) is 6.11. The maximum Gasteiger partial charge on any atom is 0.419 e. The van der Waals surface area contributed by atoms with E-state index in [-0.39, 0.29) is 11.6 Å². The number of amides is 1. The van der Waals surface area contributed by atoms with Gasteiger partial charge < -0.3 is 5.32 Å². The second-order valence-electron chi connectivity index (χ2n) is 3.72. The third-order valence-electron chi connectivity index (χ3n) is 2.14. The fraction of sp³-hybridized carbons (Fsp3) is 0.364. The van der Waals surface area contributed by atoms with Gasteiger partial charge in [0.05, 0.1) is 5.56 Å². The Balaban J connectivity index is 3.02. The number of hydrogen-bond acceptors (Lipinski definition) is 1. The minimum atomic E-state index is -4.82. The van der Waals surface area contributed by atoms with Crippen LogP contribution in [0, 0.1) is 5.82 Å². The number of benzene rings is 1. The Kier molecular flexibility index (Phi) is 4.72. The molecule has 18 heavy (non-hydrogen) atoms. The smallest absolute Gasteiger partial charge is 0.349 e. The molecule has 0 aliphatic rings. The van der Waals surface area contributed by atoms with E-state index in [1.807, 2.05) is 0 Å².